The summed E-state index contributed by atoms with van der Waals surface area (Å²) in [6.07, 6.45) is 0. The van der Waals surface area contributed by atoms with Gasteiger partial charge in [-0.25, -0.2) is 4.79 Å². The van der Waals surface area contributed by atoms with Gasteiger partial charge in [-0.15, -0.1) is 11.6 Å². The molecule has 4 N–H and O–H groups in total. The minimum Gasteiger partial charge on any atom is -0.480 e. The number of alkyl halides is 1. The molecule has 0 fully saturated rings. The Hall–Kier alpha value is -0.810. The Bertz CT molecular complexity index is 221. The topological polar surface area (TPSA) is 92.4 Å². The highest BCUT2D eigenvalue weighted by atomic mass is 35.5. The van der Waals surface area contributed by atoms with E-state index in [4.69, 9.17) is 22.4 Å². The van der Waals surface area contributed by atoms with Gasteiger partial charge in [0.1, 0.15) is 6.04 Å². The zero-order valence-electron chi connectivity index (χ0n) is 8.16. The quantitative estimate of drug-likeness (QED) is 0.561. The summed E-state index contributed by atoms with van der Waals surface area (Å²) in [5.41, 5.74) is 5.52. The molecular weight excluding hydrogens is 208 g/mol. The number of hydrogen-bond donors (Lipinski definition) is 3. The van der Waals surface area contributed by atoms with Gasteiger partial charge in [0, 0.05) is 0 Å². The molecule has 0 saturated carbocycles. The van der Waals surface area contributed by atoms with Gasteiger partial charge in [-0.05, 0) is 5.92 Å². The maximum atomic E-state index is 11.3. The van der Waals surface area contributed by atoms with E-state index in [1.165, 1.54) is 0 Å². The van der Waals surface area contributed by atoms with Gasteiger partial charge in [-0.2, -0.15) is 0 Å². The van der Waals surface area contributed by atoms with Crippen LogP contribution in [-0.2, 0) is 9.59 Å². The summed E-state index contributed by atoms with van der Waals surface area (Å²) < 4.78 is 0. The third-order valence-corrected chi connectivity index (χ3v) is 2.10. The fourth-order valence-corrected chi connectivity index (χ4v) is 0.946. The van der Waals surface area contributed by atoms with E-state index in [1.807, 2.05) is 0 Å². The summed E-state index contributed by atoms with van der Waals surface area (Å²) in [5, 5.41) is 10.9. The van der Waals surface area contributed by atoms with E-state index in [0.717, 1.165) is 0 Å². The number of nitrogens with two attached hydrogens (primary N) is 1. The molecule has 0 aromatic heterocycles. The second-order valence-electron chi connectivity index (χ2n) is 3.32. The van der Waals surface area contributed by atoms with Gasteiger partial charge in [0.2, 0.25) is 5.91 Å². The molecule has 0 aliphatic carbocycles. The second kappa shape index (κ2) is 5.82. The molecule has 0 heterocycles. The standard InChI is InChI=1S/C8H15ClN2O3/c1-4(2)6(10)7(12)11-5(3-9)8(13)14/h4-6H,3,10H2,1-2H3,(H,11,12)(H,13,14)/t5-,6-/m0/s1. The Balaban J connectivity index is 4.22. The van der Waals surface area contributed by atoms with Crippen LogP contribution in [-0.4, -0.2) is 34.9 Å². The lowest BCUT2D eigenvalue weighted by atomic mass is 10.0. The maximum absolute atomic E-state index is 11.3. The maximum Gasteiger partial charge on any atom is 0.327 e. The number of nitrogens with one attached hydrogen (secondary N) is 1. The molecule has 0 radical (unpaired) electrons. The minimum atomic E-state index is -1.16. The summed E-state index contributed by atoms with van der Waals surface area (Å²) in [5.74, 6) is -1.87. The minimum absolute atomic E-state index is 0.0419. The first-order valence-electron chi connectivity index (χ1n) is 4.24. The van der Waals surface area contributed by atoms with Crippen molar-refractivity contribution in [1.82, 2.24) is 5.32 Å². The molecule has 2 atom stereocenters. The Morgan fingerprint density at radius 2 is 2.00 bits per heavy atom. The van der Waals surface area contributed by atoms with E-state index in [2.05, 4.69) is 5.32 Å². The number of rotatable bonds is 5. The van der Waals surface area contributed by atoms with Crippen LogP contribution < -0.4 is 11.1 Å². The fourth-order valence-electron chi connectivity index (χ4n) is 0.737. The van der Waals surface area contributed by atoms with E-state index in [-0.39, 0.29) is 11.8 Å². The zero-order chi connectivity index (χ0) is 11.3. The molecule has 5 nitrogen and oxygen atoms in total. The molecule has 14 heavy (non-hydrogen) atoms. The smallest absolute Gasteiger partial charge is 0.327 e. The number of amides is 1. The van der Waals surface area contributed by atoms with Crippen LogP contribution in [0, 0.1) is 5.92 Å². The monoisotopic (exact) mass is 222 g/mol. The first-order chi connectivity index (χ1) is 6.40. The summed E-state index contributed by atoms with van der Waals surface area (Å²) in [7, 11) is 0. The predicted octanol–water partition coefficient (Wildman–Crippen LogP) is -0.222. The van der Waals surface area contributed by atoms with Gasteiger partial charge in [-0.1, -0.05) is 13.8 Å². The fraction of sp³-hybridized carbons (Fsp3) is 0.750. The van der Waals surface area contributed by atoms with E-state index < -0.39 is 24.0 Å². The van der Waals surface area contributed by atoms with Crippen molar-refractivity contribution in [2.75, 3.05) is 5.88 Å². The molecule has 6 heteroatoms. The van der Waals surface area contributed by atoms with Crippen LogP contribution >= 0.6 is 11.6 Å². The Kier molecular flexibility index (Phi) is 5.49. The van der Waals surface area contributed by atoms with Crippen LogP contribution in [0.25, 0.3) is 0 Å². The predicted molar refractivity (Wildman–Crippen MR) is 53.1 cm³/mol. The first-order valence-corrected chi connectivity index (χ1v) is 4.78. The van der Waals surface area contributed by atoms with Gasteiger partial charge in [0.25, 0.3) is 0 Å². The van der Waals surface area contributed by atoms with E-state index in [9.17, 15) is 9.59 Å². The van der Waals surface area contributed by atoms with Gasteiger partial charge in [0.05, 0.1) is 11.9 Å². The van der Waals surface area contributed by atoms with Crippen LogP contribution in [0.2, 0.25) is 0 Å². The number of halogens is 1. The zero-order valence-corrected chi connectivity index (χ0v) is 8.91. The highest BCUT2D eigenvalue weighted by Crippen LogP contribution is 1.99. The van der Waals surface area contributed by atoms with Crippen molar-refractivity contribution < 1.29 is 14.7 Å². The Labute approximate surface area is 87.6 Å². The molecule has 1 amide bonds. The Morgan fingerprint density at radius 1 is 1.50 bits per heavy atom. The number of carboxylic acids is 1. The summed E-state index contributed by atoms with van der Waals surface area (Å²) >= 11 is 5.35. The van der Waals surface area contributed by atoms with Crippen LogP contribution in [0.5, 0.6) is 0 Å². The molecule has 0 aliphatic heterocycles. The number of hydrogen-bond acceptors (Lipinski definition) is 3. The highest BCUT2D eigenvalue weighted by Gasteiger charge is 2.23. The lowest BCUT2D eigenvalue weighted by Crippen LogP contribution is -2.51. The molecular formula is C8H15ClN2O3. The van der Waals surface area contributed by atoms with Gasteiger partial charge in [-0.3, -0.25) is 4.79 Å². The molecule has 0 aromatic rings. The molecule has 0 rings (SSSR count). The van der Waals surface area contributed by atoms with Crippen LogP contribution in [0.4, 0.5) is 0 Å². The number of aliphatic carboxylic acids is 1. The number of carbonyl (C=O) groups is 2. The molecule has 82 valence electrons. The number of carbonyl (C=O) groups excluding carboxylic acids is 1. The van der Waals surface area contributed by atoms with Crippen molar-refractivity contribution in [3.8, 4) is 0 Å². The van der Waals surface area contributed by atoms with Crippen molar-refractivity contribution in [2.45, 2.75) is 25.9 Å². The summed E-state index contributed by atoms with van der Waals surface area (Å²) in [4.78, 5) is 21.8. The molecule has 0 spiro atoms. The third-order valence-electron chi connectivity index (χ3n) is 1.79. The van der Waals surface area contributed by atoms with Crippen molar-refractivity contribution in [3.63, 3.8) is 0 Å². The summed E-state index contributed by atoms with van der Waals surface area (Å²) in [6, 6.07) is -1.78. The van der Waals surface area contributed by atoms with Crippen LogP contribution in [0.3, 0.4) is 0 Å². The first kappa shape index (κ1) is 13.2. The lowest BCUT2D eigenvalue weighted by molar-refractivity contribution is -0.141. The van der Waals surface area contributed by atoms with Crippen molar-refractivity contribution >= 4 is 23.5 Å². The summed E-state index contributed by atoms with van der Waals surface area (Å²) in [6.45, 7) is 3.56. The van der Waals surface area contributed by atoms with E-state index in [1.54, 1.807) is 13.8 Å². The lowest BCUT2D eigenvalue weighted by Gasteiger charge is -2.18. The molecule has 0 aromatic carbocycles. The van der Waals surface area contributed by atoms with Crippen molar-refractivity contribution in [1.29, 1.82) is 0 Å². The molecule has 0 bridgehead atoms. The average Bonchev–Trinajstić information content (AvgIpc) is 2.11. The SMILES string of the molecule is CC(C)[C@H](N)C(=O)N[C@@H](CCl)C(=O)O. The highest BCUT2D eigenvalue weighted by molar-refractivity contribution is 6.19. The van der Waals surface area contributed by atoms with Gasteiger partial charge < -0.3 is 16.2 Å². The van der Waals surface area contributed by atoms with E-state index >= 15 is 0 Å². The van der Waals surface area contributed by atoms with E-state index in [0.29, 0.717) is 0 Å². The normalized spacial score (nSPS) is 14.9. The number of carboxylic acid groups (broad SMARTS) is 1. The third kappa shape index (κ3) is 3.93. The van der Waals surface area contributed by atoms with Gasteiger partial charge >= 0.3 is 5.97 Å². The van der Waals surface area contributed by atoms with Gasteiger partial charge in [0.15, 0.2) is 0 Å². The Morgan fingerprint density at radius 3 is 2.29 bits per heavy atom. The van der Waals surface area contributed by atoms with Crippen LogP contribution in [0.1, 0.15) is 13.8 Å². The van der Waals surface area contributed by atoms with Crippen molar-refractivity contribution in [3.05, 3.63) is 0 Å². The molecule has 0 saturated heterocycles. The molecule has 0 unspecified atom stereocenters. The van der Waals surface area contributed by atoms with Crippen molar-refractivity contribution in [2.24, 2.45) is 11.7 Å². The second-order valence-corrected chi connectivity index (χ2v) is 3.63. The molecule has 0 aliphatic rings. The largest absolute Gasteiger partial charge is 0.480 e. The average molecular weight is 223 g/mol. The van der Waals surface area contributed by atoms with Crippen LogP contribution in [0.15, 0.2) is 0 Å².